The average Bonchev–Trinajstić information content (AvgIpc) is 3.47. The Morgan fingerprint density at radius 3 is 2.26 bits per heavy atom. The average molecular weight is 574 g/mol. The Morgan fingerprint density at radius 2 is 1.58 bits per heavy atom. The van der Waals surface area contributed by atoms with E-state index in [0.717, 1.165) is 0 Å². The van der Waals surface area contributed by atoms with Crippen LogP contribution in [0.3, 0.4) is 0 Å². The minimum atomic E-state index is -1.67. The van der Waals surface area contributed by atoms with E-state index in [2.05, 4.69) is 0 Å². The molecule has 2 heterocycles. The van der Waals surface area contributed by atoms with Gasteiger partial charge in [-0.25, -0.2) is 4.39 Å². The fraction of sp³-hybridized carbons (Fsp3) is 0.194. The molecule has 1 fully saturated rings. The minimum absolute atomic E-state index is 0.275. The molecular formula is C36H28FNO5. The molecule has 1 aliphatic carbocycles. The molecule has 6 nitrogen and oxygen atoms in total. The van der Waals surface area contributed by atoms with Gasteiger partial charge in [-0.2, -0.15) is 0 Å². The van der Waals surface area contributed by atoms with Crippen molar-refractivity contribution in [2.24, 2.45) is 5.41 Å². The van der Waals surface area contributed by atoms with Gasteiger partial charge in [0.2, 0.25) is 0 Å². The molecular weight excluding hydrogens is 545 g/mol. The Morgan fingerprint density at radius 1 is 0.907 bits per heavy atom. The zero-order chi connectivity index (χ0) is 29.9. The summed E-state index contributed by atoms with van der Waals surface area (Å²) >= 11 is 0. The number of para-hydroxylation sites is 1. The Bertz CT molecular complexity index is 1790. The van der Waals surface area contributed by atoms with Crippen molar-refractivity contribution in [3.63, 3.8) is 0 Å². The molecule has 43 heavy (non-hydrogen) atoms. The number of halogens is 1. The van der Waals surface area contributed by atoms with Crippen molar-refractivity contribution >= 4 is 29.1 Å². The van der Waals surface area contributed by atoms with Crippen molar-refractivity contribution in [1.82, 2.24) is 0 Å². The Labute approximate surface area is 248 Å². The van der Waals surface area contributed by atoms with Gasteiger partial charge in [-0.3, -0.25) is 14.4 Å². The molecule has 7 heteroatoms. The number of methoxy groups -OCH3 is 1. The van der Waals surface area contributed by atoms with E-state index in [1.807, 2.05) is 30.0 Å². The molecule has 3 aliphatic rings. The highest BCUT2D eigenvalue weighted by Gasteiger charge is 2.72. The number of carbonyl (C=O) groups is 3. The van der Waals surface area contributed by atoms with Gasteiger partial charge in [-0.05, 0) is 55.5 Å². The molecule has 0 radical (unpaired) electrons. The highest BCUT2D eigenvalue weighted by atomic mass is 19.1. The van der Waals surface area contributed by atoms with Crippen LogP contribution >= 0.6 is 0 Å². The molecule has 0 bridgehead atoms. The number of Topliss-reactive ketones (excluding diaryl/α,β-unsaturated/α-hetero) is 3. The molecule has 2 aliphatic heterocycles. The summed E-state index contributed by atoms with van der Waals surface area (Å²) in [5, 5.41) is 0. The zero-order valence-electron chi connectivity index (χ0n) is 23.6. The molecule has 3 atom stereocenters. The second-order valence-electron chi connectivity index (χ2n) is 11.0. The minimum Gasteiger partial charge on any atom is -0.497 e. The lowest BCUT2D eigenvalue weighted by Gasteiger charge is -2.37. The van der Waals surface area contributed by atoms with Gasteiger partial charge in [0.1, 0.15) is 28.8 Å². The van der Waals surface area contributed by atoms with Crippen molar-refractivity contribution in [3.05, 3.63) is 131 Å². The third kappa shape index (κ3) is 3.74. The number of rotatable bonds is 6. The third-order valence-corrected chi connectivity index (χ3v) is 8.96. The lowest BCUT2D eigenvalue weighted by molar-refractivity contribution is 0.0664. The number of benzene rings is 4. The number of anilines is 1. The fourth-order valence-electron chi connectivity index (χ4n) is 7.24. The van der Waals surface area contributed by atoms with Crippen molar-refractivity contribution in [3.8, 4) is 11.5 Å². The van der Waals surface area contributed by atoms with Crippen LogP contribution in [0.5, 0.6) is 11.5 Å². The molecule has 0 N–H and O–H groups in total. The summed E-state index contributed by atoms with van der Waals surface area (Å²) in [4.78, 5) is 46.2. The topological polar surface area (TPSA) is 72.9 Å². The first-order chi connectivity index (χ1) is 20.9. The van der Waals surface area contributed by atoms with Crippen LogP contribution in [0.2, 0.25) is 0 Å². The van der Waals surface area contributed by atoms with Gasteiger partial charge in [0.15, 0.2) is 17.3 Å². The van der Waals surface area contributed by atoms with E-state index in [1.54, 1.807) is 79.9 Å². The molecule has 0 aromatic heterocycles. The first-order valence-electron chi connectivity index (χ1n) is 14.3. The van der Waals surface area contributed by atoms with E-state index in [1.165, 1.54) is 12.1 Å². The number of nitrogens with zero attached hydrogens (tertiary/aromatic N) is 1. The third-order valence-electron chi connectivity index (χ3n) is 8.96. The van der Waals surface area contributed by atoms with Crippen molar-refractivity contribution < 1.29 is 28.2 Å². The van der Waals surface area contributed by atoms with E-state index in [-0.39, 0.29) is 17.3 Å². The molecule has 214 valence electrons. The Hall–Kier alpha value is -5.04. The number of carbonyl (C=O) groups excluding carboxylic acids is 3. The van der Waals surface area contributed by atoms with Crippen molar-refractivity contribution in [1.29, 1.82) is 0 Å². The summed E-state index contributed by atoms with van der Waals surface area (Å²) in [6.07, 6.45) is 3.53. The van der Waals surface area contributed by atoms with Gasteiger partial charge in [0, 0.05) is 39.4 Å². The maximum absolute atomic E-state index is 14.8. The highest BCUT2D eigenvalue weighted by Crippen LogP contribution is 2.62. The van der Waals surface area contributed by atoms with E-state index >= 15 is 0 Å². The quantitative estimate of drug-likeness (QED) is 0.192. The number of hydrogen-bond acceptors (Lipinski definition) is 6. The maximum atomic E-state index is 14.8. The second kappa shape index (κ2) is 10.1. The summed E-state index contributed by atoms with van der Waals surface area (Å²) in [6.45, 7) is 2.21. The van der Waals surface area contributed by atoms with Crippen LogP contribution in [-0.2, 0) is 0 Å². The smallest absolute Gasteiger partial charge is 0.185 e. The summed E-state index contributed by atoms with van der Waals surface area (Å²) in [6, 6.07) is 23.5. The number of fused-ring (bicyclic) bond motifs is 5. The first-order valence-corrected chi connectivity index (χ1v) is 14.3. The predicted molar refractivity (Wildman–Crippen MR) is 161 cm³/mol. The summed E-state index contributed by atoms with van der Waals surface area (Å²) in [7, 11) is 1.55. The second-order valence-corrected chi connectivity index (χ2v) is 11.0. The summed E-state index contributed by atoms with van der Waals surface area (Å²) < 4.78 is 25.8. The van der Waals surface area contributed by atoms with Gasteiger partial charge in [0.05, 0.1) is 19.8 Å². The van der Waals surface area contributed by atoms with Crippen molar-refractivity contribution in [2.45, 2.75) is 24.9 Å². The lowest BCUT2D eigenvalue weighted by Crippen LogP contribution is -2.48. The van der Waals surface area contributed by atoms with E-state index in [4.69, 9.17) is 9.47 Å². The molecule has 7 rings (SSSR count). The lowest BCUT2D eigenvalue weighted by atomic mass is 9.64. The zero-order valence-corrected chi connectivity index (χ0v) is 23.6. The Kier molecular flexibility index (Phi) is 6.27. The predicted octanol–water partition coefficient (Wildman–Crippen LogP) is 6.55. The van der Waals surface area contributed by atoms with Crippen LogP contribution in [0.1, 0.15) is 55.0 Å². The standard InChI is InChI=1S/C36H28FNO5/c1-3-43-29-11-7-6-10-27(29)31-32(33(39)21-12-16-24(42-2)17-13-21)38-28-18-15-23(37)20-22(28)14-19-30(38)36(31)34(40)25-8-4-5-9-26(25)35(36)41/h4-20,30-32H,3H2,1-2H3. The monoisotopic (exact) mass is 573 g/mol. The van der Waals surface area contributed by atoms with Crippen LogP contribution < -0.4 is 14.4 Å². The fourth-order valence-corrected chi connectivity index (χ4v) is 7.24. The normalized spacial score (nSPS) is 21.0. The van der Waals surface area contributed by atoms with Gasteiger partial charge in [-0.1, -0.05) is 54.6 Å². The molecule has 3 unspecified atom stereocenters. The van der Waals surface area contributed by atoms with Gasteiger partial charge in [0.25, 0.3) is 0 Å². The molecule has 4 aromatic carbocycles. The van der Waals surface area contributed by atoms with Crippen LogP contribution in [0.4, 0.5) is 10.1 Å². The van der Waals surface area contributed by atoms with Crippen LogP contribution in [0.25, 0.3) is 6.08 Å². The van der Waals surface area contributed by atoms with Crippen molar-refractivity contribution in [2.75, 3.05) is 18.6 Å². The largest absolute Gasteiger partial charge is 0.497 e. The Balaban J connectivity index is 1.55. The molecule has 4 aromatic rings. The van der Waals surface area contributed by atoms with E-state index in [9.17, 15) is 18.8 Å². The molecule has 1 spiro atoms. The van der Waals surface area contributed by atoms with Gasteiger partial charge < -0.3 is 14.4 Å². The number of hydrogen-bond donors (Lipinski definition) is 0. The summed E-state index contributed by atoms with van der Waals surface area (Å²) in [5.74, 6) is -1.20. The summed E-state index contributed by atoms with van der Waals surface area (Å²) in [5.41, 5.74) is 1.13. The highest BCUT2D eigenvalue weighted by molar-refractivity contribution is 6.32. The maximum Gasteiger partial charge on any atom is 0.185 e. The van der Waals surface area contributed by atoms with Crippen LogP contribution in [-0.4, -0.2) is 43.2 Å². The molecule has 0 amide bonds. The van der Waals surface area contributed by atoms with E-state index < -0.39 is 29.2 Å². The van der Waals surface area contributed by atoms with E-state index in [0.29, 0.717) is 51.6 Å². The number of ether oxygens (including phenoxy) is 2. The van der Waals surface area contributed by atoms with Crippen LogP contribution in [0, 0.1) is 11.2 Å². The molecule has 0 saturated carbocycles. The van der Waals surface area contributed by atoms with Gasteiger partial charge >= 0.3 is 0 Å². The number of ketones is 3. The van der Waals surface area contributed by atoms with Crippen LogP contribution in [0.15, 0.2) is 97.1 Å². The van der Waals surface area contributed by atoms with Gasteiger partial charge in [-0.15, -0.1) is 0 Å². The SMILES string of the molecule is CCOc1ccccc1C1C(C(=O)c2ccc(OC)cc2)N2c3ccc(F)cc3C=CC2C12C(=O)c1ccccc1C2=O. The first kappa shape index (κ1) is 26.8. The molecule has 1 saturated heterocycles.